The summed E-state index contributed by atoms with van der Waals surface area (Å²) in [7, 11) is 0. The Morgan fingerprint density at radius 2 is 2.08 bits per heavy atom. The molecular weight excluding hydrogens is 316 g/mol. The number of amides is 2. The molecule has 5 heteroatoms. The fraction of sp³-hybridized carbons (Fsp3) is 0.350. The van der Waals surface area contributed by atoms with Crippen LogP contribution in [0.15, 0.2) is 48.5 Å². The molecule has 1 heterocycles. The van der Waals surface area contributed by atoms with E-state index < -0.39 is 0 Å². The molecule has 1 aliphatic rings. The van der Waals surface area contributed by atoms with Gasteiger partial charge < -0.3 is 20.5 Å². The predicted octanol–water partition coefficient (Wildman–Crippen LogP) is 3.24. The maximum atomic E-state index is 12.5. The number of fused-ring (bicyclic) bond motifs is 1. The molecule has 2 aromatic carbocycles. The number of urea groups is 1. The van der Waals surface area contributed by atoms with Crippen molar-refractivity contribution in [2.75, 3.05) is 13.2 Å². The molecular formula is C20H24N2O3. The third kappa shape index (κ3) is 4.31. The zero-order chi connectivity index (χ0) is 17.6. The van der Waals surface area contributed by atoms with E-state index in [1.807, 2.05) is 55.5 Å². The first-order valence-corrected chi connectivity index (χ1v) is 8.63. The van der Waals surface area contributed by atoms with Crippen molar-refractivity contribution in [3.05, 3.63) is 65.2 Å². The Hall–Kier alpha value is -2.53. The van der Waals surface area contributed by atoms with Crippen LogP contribution in [0.1, 0.15) is 41.6 Å². The molecule has 0 bridgehead atoms. The van der Waals surface area contributed by atoms with Gasteiger partial charge in [-0.05, 0) is 31.4 Å². The number of nitrogens with one attached hydrogen (secondary N) is 2. The first-order chi connectivity index (χ1) is 12.2. The summed E-state index contributed by atoms with van der Waals surface area (Å²) in [5, 5.41) is 15.1. The van der Waals surface area contributed by atoms with Gasteiger partial charge in [0.05, 0.1) is 12.1 Å². The lowest BCUT2D eigenvalue weighted by Gasteiger charge is -2.21. The van der Waals surface area contributed by atoms with Gasteiger partial charge >= 0.3 is 6.03 Å². The second-order valence-electron chi connectivity index (χ2n) is 6.35. The van der Waals surface area contributed by atoms with E-state index in [0.29, 0.717) is 19.4 Å². The first kappa shape index (κ1) is 17.3. The van der Waals surface area contributed by atoms with Crippen LogP contribution < -0.4 is 15.4 Å². The highest BCUT2D eigenvalue weighted by Crippen LogP contribution is 2.32. The van der Waals surface area contributed by atoms with E-state index in [-0.39, 0.29) is 24.7 Å². The molecule has 0 aliphatic carbocycles. The topological polar surface area (TPSA) is 70.6 Å². The van der Waals surface area contributed by atoms with Gasteiger partial charge in [0.1, 0.15) is 12.4 Å². The Balaban J connectivity index is 1.66. The van der Waals surface area contributed by atoms with Crippen LogP contribution in [0.3, 0.4) is 0 Å². The third-order valence-electron chi connectivity index (χ3n) is 4.41. The van der Waals surface area contributed by atoms with Gasteiger partial charge in [-0.2, -0.15) is 0 Å². The third-order valence-corrected chi connectivity index (χ3v) is 4.41. The molecule has 0 radical (unpaired) electrons. The van der Waals surface area contributed by atoms with Gasteiger partial charge in [-0.15, -0.1) is 0 Å². The summed E-state index contributed by atoms with van der Waals surface area (Å²) in [6.07, 6.45) is 1.32. The van der Waals surface area contributed by atoms with E-state index >= 15 is 0 Å². The van der Waals surface area contributed by atoms with Crippen molar-refractivity contribution in [2.24, 2.45) is 0 Å². The van der Waals surface area contributed by atoms with Crippen LogP contribution in [0.25, 0.3) is 0 Å². The molecule has 0 fully saturated rings. The molecule has 1 aliphatic heterocycles. The van der Waals surface area contributed by atoms with Crippen molar-refractivity contribution in [3.63, 3.8) is 0 Å². The smallest absolute Gasteiger partial charge is 0.315 e. The molecule has 5 nitrogen and oxygen atoms in total. The molecule has 2 unspecified atom stereocenters. The molecule has 0 spiro atoms. The second-order valence-corrected chi connectivity index (χ2v) is 6.35. The summed E-state index contributed by atoms with van der Waals surface area (Å²) in [5.41, 5.74) is 3.19. The van der Waals surface area contributed by atoms with Gasteiger partial charge in [-0.1, -0.05) is 48.0 Å². The molecule has 0 saturated heterocycles. The normalized spacial score (nSPS) is 16.6. The number of rotatable bonds is 6. The highest BCUT2D eigenvalue weighted by atomic mass is 16.5. The van der Waals surface area contributed by atoms with Crippen LogP contribution in [0.5, 0.6) is 5.75 Å². The Labute approximate surface area is 148 Å². The Kier molecular flexibility index (Phi) is 5.56. The highest BCUT2D eigenvalue weighted by molar-refractivity contribution is 5.75. The minimum Gasteiger partial charge on any atom is -0.491 e. The van der Waals surface area contributed by atoms with E-state index in [1.54, 1.807) is 0 Å². The van der Waals surface area contributed by atoms with Crippen LogP contribution in [0.4, 0.5) is 4.79 Å². The average Bonchev–Trinajstić information content (AvgIpc) is 3.01. The van der Waals surface area contributed by atoms with Gasteiger partial charge in [-0.3, -0.25) is 0 Å². The Morgan fingerprint density at radius 1 is 1.28 bits per heavy atom. The fourth-order valence-electron chi connectivity index (χ4n) is 3.12. The SMILES string of the molecule is Cc1ccc2c(c1)C(NC(=O)NC(CCCO)c1ccccc1)CO2. The summed E-state index contributed by atoms with van der Waals surface area (Å²) in [6.45, 7) is 2.57. The van der Waals surface area contributed by atoms with Crippen LogP contribution in [-0.2, 0) is 0 Å². The monoisotopic (exact) mass is 340 g/mol. The van der Waals surface area contributed by atoms with Gasteiger partial charge in [0.15, 0.2) is 0 Å². The molecule has 2 aromatic rings. The Morgan fingerprint density at radius 3 is 2.84 bits per heavy atom. The van der Waals surface area contributed by atoms with Gasteiger partial charge in [-0.25, -0.2) is 4.79 Å². The van der Waals surface area contributed by atoms with E-state index in [9.17, 15) is 4.79 Å². The van der Waals surface area contributed by atoms with Crippen LogP contribution in [0.2, 0.25) is 0 Å². The number of aliphatic hydroxyl groups excluding tert-OH is 1. The lowest BCUT2D eigenvalue weighted by Crippen LogP contribution is -2.40. The predicted molar refractivity (Wildman–Crippen MR) is 96.6 cm³/mol. The summed E-state index contributed by atoms with van der Waals surface area (Å²) < 4.78 is 5.65. The number of benzene rings is 2. The maximum absolute atomic E-state index is 12.5. The zero-order valence-corrected chi connectivity index (χ0v) is 14.4. The first-order valence-electron chi connectivity index (χ1n) is 8.63. The summed E-state index contributed by atoms with van der Waals surface area (Å²) in [5.74, 6) is 0.829. The van der Waals surface area contributed by atoms with E-state index in [2.05, 4.69) is 10.6 Å². The van der Waals surface area contributed by atoms with Crippen molar-refractivity contribution < 1.29 is 14.6 Å². The summed E-state index contributed by atoms with van der Waals surface area (Å²) in [4.78, 5) is 12.5. The summed E-state index contributed by atoms with van der Waals surface area (Å²) in [6, 6.07) is 15.3. The fourth-order valence-corrected chi connectivity index (χ4v) is 3.12. The van der Waals surface area contributed by atoms with E-state index in [0.717, 1.165) is 22.4 Å². The Bertz CT molecular complexity index is 718. The van der Waals surface area contributed by atoms with Crippen LogP contribution in [0, 0.1) is 6.92 Å². The van der Waals surface area contributed by atoms with Crippen molar-refractivity contribution in [1.29, 1.82) is 0 Å². The molecule has 25 heavy (non-hydrogen) atoms. The van der Waals surface area contributed by atoms with E-state index in [1.165, 1.54) is 0 Å². The number of aliphatic hydroxyl groups is 1. The largest absolute Gasteiger partial charge is 0.491 e. The van der Waals surface area contributed by atoms with Crippen LogP contribution >= 0.6 is 0 Å². The second kappa shape index (κ2) is 8.03. The number of carbonyl (C=O) groups excluding carboxylic acids is 1. The lowest BCUT2D eigenvalue weighted by atomic mass is 10.0. The minimum absolute atomic E-state index is 0.107. The van der Waals surface area contributed by atoms with Crippen molar-refractivity contribution in [1.82, 2.24) is 10.6 Å². The van der Waals surface area contributed by atoms with Gasteiger partial charge in [0.25, 0.3) is 0 Å². The number of carbonyl (C=O) groups is 1. The van der Waals surface area contributed by atoms with E-state index in [4.69, 9.17) is 9.84 Å². The molecule has 3 rings (SSSR count). The number of hydrogen-bond donors (Lipinski definition) is 3. The average molecular weight is 340 g/mol. The van der Waals surface area contributed by atoms with Gasteiger partial charge in [0, 0.05) is 12.2 Å². The quantitative estimate of drug-likeness (QED) is 0.756. The van der Waals surface area contributed by atoms with Gasteiger partial charge in [0.2, 0.25) is 0 Å². The minimum atomic E-state index is -0.227. The molecule has 2 atom stereocenters. The number of aryl methyl sites for hydroxylation is 1. The highest BCUT2D eigenvalue weighted by Gasteiger charge is 2.26. The lowest BCUT2D eigenvalue weighted by molar-refractivity contribution is 0.225. The van der Waals surface area contributed by atoms with Crippen LogP contribution in [-0.4, -0.2) is 24.4 Å². The van der Waals surface area contributed by atoms with Crippen molar-refractivity contribution in [2.45, 2.75) is 31.8 Å². The molecule has 2 amide bonds. The van der Waals surface area contributed by atoms with Crippen molar-refractivity contribution >= 4 is 6.03 Å². The van der Waals surface area contributed by atoms with Crippen molar-refractivity contribution in [3.8, 4) is 5.75 Å². The maximum Gasteiger partial charge on any atom is 0.315 e. The molecule has 0 saturated carbocycles. The summed E-state index contributed by atoms with van der Waals surface area (Å²) >= 11 is 0. The zero-order valence-electron chi connectivity index (χ0n) is 14.4. The number of ether oxygens (including phenoxy) is 1. The standard InChI is InChI=1S/C20H24N2O3/c1-14-9-10-19-16(12-14)18(13-25-19)22-20(24)21-17(8-5-11-23)15-6-3-2-4-7-15/h2-4,6-7,9-10,12,17-18,23H,5,8,11,13H2,1H3,(H2,21,22,24). The number of hydrogen-bond acceptors (Lipinski definition) is 3. The molecule has 3 N–H and O–H groups in total. The molecule has 0 aromatic heterocycles. The molecule has 132 valence electrons.